The Morgan fingerprint density at radius 2 is 1.48 bits per heavy atom. The average molecular weight is 341 g/mol. The molecule has 0 N–H and O–H groups in total. The molecule has 0 unspecified atom stereocenters. The number of aryl methyl sites for hydroxylation is 4. The summed E-state index contributed by atoms with van der Waals surface area (Å²) in [5, 5.41) is 18.3. The van der Waals surface area contributed by atoms with Gasteiger partial charge in [-0.25, -0.2) is 0 Å². The molecule has 3 aromatic rings. The maximum Gasteiger partial charge on any atom is 0.0753 e. The Balaban J connectivity index is 0. The maximum atomic E-state index is 3.78. The Bertz CT molecular complexity index is 496. The Kier molecular flexibility index (Phi) is 16.3. The number of rotatable bonds is 0. The maximum absolute atomic E-state index is 3.78. The fourth-order valence-corrected chi connectivity index (χ4v) is 1.29. The molecule has 0 atom stereocenters. The van der Waals surface area contributed by atoms with Crippen molar-refractivity contribution >= 4 is 11.5 Å². The van der Waals surface area contributed by atoms with Crippen LogP contribution in [0.5, 0.6) is 0 Å². The molecular formula is C14H28N8S. The Morgan fingerprint density at radius 1 is 0.913 bits per heavy atom. The second-order valence-electron chi connectivity index (χ2n) is 3.51. The van der Waals surface area contributed by atoms with E-state index >= 15 is 0 Å². The van der Waals surface area contributed by atoms with E-state index in [1.807, 2.05) is 48.6 Å². The van der Waals surface area contributed by atoms with Crippen molar-refractivity contribution in [1.29, 1.82) is 0 Å². The predicted octanol–water partition coefficient (Wildman–Crippen LogP) is 2.84. The minimum Gasteiger partial charge on any atom is -0.256 e. The van der Waals surface area contributed by atoms with Crippen LogP contribution >= 0.6 is 11.5 Å². The lowest BCUT2D eigenvalue weighted by Gasteiger charge is -1.75. The fourth-order valence-electron chi connectivity index (χ4n) is 0.829. The van der Waals surface area contributed by atoms with Crippen molar-refractivity contribution in [1.82, 2.24) is 39.6 Å². The number of hydrogen-bond acceptors (Lipinski definition) is 7. The normalized spacial score (nSPS) is 8.00. The zero-order valence-electron chi connectivity index (χ0n) is 15.3. The molecule has 0 saturated carbocycles. The van der Waals surface area contributed by atoms with E-state index in [-0.39, 0.29) is 0 Å². The Morgan fingerprint density at radius 3 is 1.61 bits per heavy atom. The lowest BCUT2D eigenvalue weighted by molar-refractivity contribution is 0.654. The molecule has 0 fully saturated rings. The van der Waals surface area contributed by atoms with Crippen LogP contribution in [0.3, 0.4) is 0 Å². The van der Waals surface area contributed by atoms with E-state index in [0.29, 0.717) is 0 Å². The number of nitrogens with zero attached hydrogens (tertiary/aromatic N) is 8. The van der Waals surface area contributed by atoms with Crippen molar-refractivity contribution < 1.29 is 0 Å². The van der Waals surface area contributed by atoms with E-state index in [2.05, 4.69) is 30.1 Å². The first-order valence-electron chi connectivity index (χ1n) is 7.45. The van der Waals surface area contributed by atoms with Crippen LogP contribution in [0.2, 0.25) is 0 Å². The molecule has 0 spiro atoms. The predicted molar refractivity (Wildman–Crippen MR) is 94.1 cm³/mol. The van der Waals surface area contributed by atoms with Crippen LogP contribution in [0.25, 0.3) is 0 Å². The summed E-state index contributed by atoms with van der Waals surface area (Å²) in [6.07, 6.45) is 6.69. The Labute approximate surface area is 142 Å². The minimum atomic E-state index is 1.05. The fraction of sp³-hybridized carbons (Fsp3) is 0.571. The smallest absolute Gasteiger partial charge is 0.0753 e. The first-order valence-corrected chi connectivity index (χ1v) is 8.23. The standard InChI is InChI=1S/C4H6N2S.2C3H5N3.2C2H6/c1-3-4(2)7-6-5-3;1-6-3-2-4-5-6;1-6-4-2-3-5-6;2*1-2/h1-2H3;2*2-3H,1H3;2*1-2H3. The second-order valence-corrected chi connectivity index (χ2v) is 4.47. The Hall–Kier alpha value is -2.16. The molecule has 0 aromatic carbocycles. The highest BCUT2D eigenvalue weighted by Crippen LogP contribution is 2.04. The van der Waals surface area contributed by atoms with Crippen LogP contribution in [0.15, 0.2) is 24.8 Å². The molecule has 0 bridgehead atoms. The van der Waals surface area contributed by atoms with Crippen LogP contribution < -0.4 is 0 Å². The number of hydrogen-bond donors (Lipinski definition) is 0. The highest BCUT2D eigenvalue weighted by molar-refractivity contribution is 7.05. The van der Waals surface area contributed by atoms with Gasteiger partial charge < -0.3 is 0 Å². The molecule has 0 amide bonds. The zero-order valence-corrected chi connectivity index (χ0v) is 16.1. The summed E-state index contributed by atoms with van der Waals surface area (Å²) in [5.74, 6) is 0. The highest BCUT2D eigenvalue weighted by Gasteiger charge is 1.91. The summed E-state index contributed by atoms with van der Waals surface area (Å²) < 4.78 is 5.35. The molecule has 130 valence electrons. The van der Waals surface area contributed by atoms with Gasteiger partial charge in [0.15, 0.2) is 0 Å². The van der Waals surface area contributed by atoms with Crippen LogP contribution in [-0.2, 0) is 14.1 Å². The van der Waals surface area contributed by atoms with Crippen molar-refractivity contribution in [2.75, 3.05) is 0 Å². The molecule has 8 nitrogen and oxygen atoms in total. The van der Waals surface area contributed by atoms with Crippen LogP contribution in [0.1, 0.15) is 38.3 Å². The summed E-state index contributed by atoms with van der Waals surface area (Å²) in [7, 11) is 3.60. The first-order chi connectivity index (χ1) is 11.1. The molecule has 0 aliphatic rings. The topological polar surface area (TPSA) is 87.2 Å². The molecule has 3 rings (SSSR count). The van der Waals surface area contributed by atoms with Gasteiger partial charge in [-0.3, -0.25) is 4.68 Å². The number of aromatic nitrogens is 8. The van der Waals surface area contributed by atoms with E-state index in [1.54, 1.807) is 36.5 Å². The van der Waals surface area contributed by atoms with Gasteiger partial charge in [-0.05, 0) is 25.4 Å². The van der Waals surface area contributed by atoms with Crippen molar-refractivity contribution in [2.45, 2.75) is 41.5 Å². The minimum absolute atomic E-state index is 1.05. The molecule has 9 heteroatoms. The quantitative estimate of drug-likeness (QED) is 0.625. The third-order valence-corrected chi connectivity index (χ3v) is 2.69. The van der Waals surface area contributed by atoms with Gasteiger partial charge in [-0.1, -0.05) is 37.4 Å². The molecule has 0 aliphatic carbocycles. The van der Waals surface area contributed by atoms with Gasteiger partial charge in [0.25, 0.3) is 0 Å². The summed E-state index contributed by atoms with van der Waals surface area (Å²) >= 11 is 1.44. The van der Waals surface area contributed by atoms with Gasteiger partial charge in [-0.15, -0.1) is 10.2 Å². The van der Waals surface area contributed by atoms with Gasteiger partial charge in [0.1, 0.15) is 0 Å². The molecular weight excluding hydrogens is 312 g/mol. The van der Waals surface area contributed by atoms with E-state index in [9.17, 15) is 0 Å². The van der Waals surface area contributed by atoms with Crippen molar-refractivity contribution in [3.63, 3.8) is 0 Å². The molecule has 0 saturated heterocycles. The van der Waals surface area contributed by atoms with E-state index in [4.69, 9.17) is 0 Å². The second kappa shape index (κ2) is 16.2. The monoisotopic (exact) mass is 340 g/mol. The van der Waals surface area contributed by atoms with Gasteiger partial charge in [-0.2, -0.15) is 15.0 Å². The van der Waals surface area contributed by atoms with Crippen molar-refractivity contribution in [3.05, 3.63) is 35.4 Å². The van der Waals surface area contributed by atoms with Gasteiger partial charge in [0.2, 0.25) is 0 Å². The van der Waals surface area contributed by atoms with E-state index < -0.39 is 0 Å². The largest absolute Gasteiger partial charge is 0.256 e. The van der Waals surface area contributed by atoms with Gasteiger partial charge in [0, 0.05) is 25.2 Å². The molecule has 0 radical (unpaired) electrons. The summed E-state index contributed by atoms with van der Waals surface area (Å²) in [6, 6.07) is 0. The van der Waals surface area contributed by atoms with Crippen molar-refractivity contribution in [2.24, 2.45) is 14.1 Å². The highest BCUT2D eigenvalue weighted by atomic mass is 32.1. The van der Waals surface area contributed by atoms with Gasteiger partial charge >= 0.3 is 0 Å². The molecule has 3 heterocycles. The van der Waals surface area contributed by atoms with Crippen LogP contribution in [0, 0.1) is 13.8 Å². The molecule has 23 heavy (non-hydrogen) atoms. The van der Waals surface area contributed by atoms with Crippen LogP contribution in [-0.4, -0.2) is 39.6 Å². The zero-order chi connectivity index (χ0) is 18.1. The summed E-state index contributed by atoms with van der Waals surface area (Å²) in [5.41, 5.74) is 1.05. The molecule has 0 aliphatic heterocycles. The summed E-state index contributed by atoms with van der Waals surface area (Å²) in [4.78, 5) is 2.71. The average Bonchev–Trinajstić information content (AvgIpc) is 3.32. The van der Waals surface area contributed by atoms with Crippen LogP contribution in [0.4, 0.5) is 0 Å². The van der Waals surface area contributed by atoms with Gasteiger partial charge in [0.05, 0.1) is 24.3 Å². The first kappa shape index (κ1) is 23.1. The summed E-state index contributed by atoms with van der Waals surface area (Å²) in [6.45, 7) is 12.0. The SMILES string of the molecule is CC.CC.Cc1nnsc1C.Cn1ccnn1.Cn1nccn1. The van der Waals surface area contributed by atoms with Crippen molar-refractivity contribution in [3.8, 4) is 0 Å². The lowest BCUT2D eigenvalue weighted by Crippen LogP contribution is -1.89. The van der Waals surface area contributed by atoms with E-state index in [1.165, 1.54) is 21.2 Å². The third-order valence-electron chi connectivity index (χ3n) is 1.95. The lowest BCUT2D eigenvalue weighted by atomic mass is 10.4. The molecule has 3 aromatic heterocycles. The van der Waals surface area contributed by atoms with E-state index in [0.717, 1.165) is 5.69 Å². The third kappa shape index (κ3) is 13.2.